The van der Waals surface area contributed by atoms with Gasteiger partial charge >= 0.3 is 5.97 Å². The number of carboxylic acid groups (broad SMARTS) is 1. The molecule has 4 rings (SSSR count). The Kier molecular flexibility index (Phi) is 5.33. The monoisotopic (exact) mass is 385 g/mol. The van der Waals surface area contributed by atoms with E-state index in [1.165, 1.54) is 6.07 Å². The van der Waals surface area contributed by atoms with Crippen LogP contribution in [0.3, 0.4) is 0 Å². The van der Waals surface area contributed by atoms with Crippen molar-refractivity contribution in [2.45, 2.75) is 43.9 Å². The molecular formula is C22H24FNO4. The van der Waals surface area contributed by atoms with E-state index in [0.717, 1.165) is 24.0 Å². The summed E-state index contributed by atoms with van der Waals surface area (Å²) in [6.07, 6.45) is 3.16. The van der Waals surface area contributed by atoms with Crippen LogP contribution in [0.4, 0.5) is 10.1 Å². The Morgan fingerprint density at radius 2 is 1.93 bits per heavy atom. The van der Waals surface area contributed by atoms with Crippen molar-refractivity contribution >= 4 is 11.7 Å². The first-order valence-corrected chi connectivity index (χ1v) is 9.66. The molecule has 1 aliphatic heterocycles. The Bertz CT molecular complexity index is 859. The third-order valence-electron chi connectivity index (χ3n) is 5.41. The first kappa shape index (κ1) is 18.9. The van der Waals surface area contributed by atoms with Crippen LogP contribution in [-0.2, 0) is 20.9 Å². The van der Waals surface area contributed by atoms with Gasteiger partial charge in [0.25, 0.3) is 0 Å². The molecule has 2 aliphatic rings. The Morgan fingerprint density at radius 1 is 1.18 bits per heavy atom. The quantitative estimate of drug-likeness (QED) is 0.747. The number of hydrogen-bond donors (Lipinski definition) is 2. The van der Waals surface area contributed by atoms with Crippen LogP contribution in [0.25, 0.3) is 11.1 Å². The molecule has 0 amide bonds. The van der Waals surface area contributed by atoms with Crippen molar-refractivity contribution in [1.29, 1.82) is 0 Å². The zero-order valence-corrected chi connectivity index (χ0v) is 15.6. The van der Waals surface area contributed by atoms with Crippen molar-refractivity contribution in [3.8, 4) is 11.1 Å². The third kappa shape index (κ3) is 4.03. The second-order valence-corrected chi connectivity index (χ2v) is 7.49. The Morgan fingerprint density at radius 3 is 2.61 bits per heavy atom. The SMILES string of the molecule is O=C(O)C1(Nc2ccc(-c3ccccc3F)c(COC3CC3)c2)CCOCC1. The van der Waals surface area contributed by atoms with Crippen LogP contribution in [0, 0.1) is 5.82 Å². The summed E-state index contributed by atoms with van der Waals surface area (Å²) in [5.74, 6) is -1.17. The van der Waals surface area contributed by atoms with E-state index in [0.29, 0.717) is 43.9 Å². The molecule has 5 nitrogen and oxygen atoms in total. The van der Waals surface area contributed by atoms with Crippen LogP contribution in [0.2, 0.25) is 0 Å². The molecule has 0 bridgehead atoms. The molecule has 28 heavy (non-hydrogen) atoms. The minimum atomic E-state index is -1.05. The van der Waals surface area contributed by atoms with Crippen molar-refractivity contribution in [1.82, 2.24) is 0 Å². The molecule has 0 radical (unpaired) electrons. The number of rotatable bonds is 7. The molecule has 0 unspecified atom stereocenters. The van der Waals surface area contributed by atoms with Crippen LogP contribution in [-0.4, -0.2) is 35.9 Å². The number of hydrogen-bond acceptors (Lipinski definition) is 4. The van der Waals surface area contributed by atoms with Crippen molar-refractivity contribution in [2.75, 3.05) is 18.5 Å². The number of carbonyl (C=O) groups is 1. The van der Waals surface area contributed by atoms with Gasteiger partial charge in [0.2, 0.25) is 0 Å². The molecule has 1 heterocycles. The summed E-state index contributed by atoms with van der Waals surface area (Å²) in [5.41, 5.74) is 1.77. The van der Waals surface area contributed by atoms with E-state index in [1.807, 2.05) is 18.2 Å². The lowest BCUT2D eigenvalue weighted by Crippen LogP contribution is -2.50. The van der Waals surface area contributed by atoms with E-state index in [-0.39, 0.29) is 11.9 Å². The molecule has 0 aromatic heterocycles. The summed E-state index contributed by atoms with van der Waals surface area (Å²) >= 11 is 0. The van der Waals surface area contributed by atoms with Crippen molar-refractivity contribution in [2.24, 2.45) is 0 Å². The van der Waals surface area contributed by atoms with Gasteiger partial charge in [0.05, 0.1) is 12.7 Å². The fourth-order valence-corrected chi connectivity index (χ4v) is 3.56. The maximum atomic E-state index is 14.4. The molecule has 6 heteroatoms. The molecule has 1 saturated carbocycles. The van der Waals surface area contributed by atoms with E-state index in [1.54, 1.807) is 18.2 Å². The zero-order valence-electron chi connectivity index (χ0n) is 15.6. The highest BCUT2D eigenvalue weighted by Gasteiger charge is 2.40. The van der Waals surface area contributed by atoms with Gasteiger partial charge in [0.15, 0.2) is 0 Å². The molecule has 1 aliphatic carbocycles. The Hall–Kier alpha value is -2.44. The van der Waals surface area contributed by atoms with Gasteiger partial charge in [0.1, 0.15) is 11.4 Å². The number of halogens is 1. The number of carboxylic acids is 1. The maximum absolute atomic E-state index is 14.4. The molecule has 0 spiro atoms. The second-order valence-electron chi connectivity index (χ2n) is 7.49. The Balaban J connectivity index is 1.66. The fourth-order valence-electron chi connectivity index (χ4n) is 3.56. The van der Waals surface area contributed by atoms with Gasteiger partial charge in [-0.05, 0) is 42.2 Å². The third-order valence-corrected chi connectivity index (χ3v) is 5.41. The predicted molar refractivity (Wildman–Crippen MR) is 104 cm³/mol. The van der Waals surface area contributed by atoms with Crippen molar-refractivity contribution in [3.63, 3.8) is 0 Å². The van der Waals surface area contributed by atoms with E-state index < -0.39 is 11.5 Å². The molecule has 2 N–H and O–H groups in total. The second kappa shape index (κ2) is 7.89. The highest BCUT2D eigenvalue weighted by molar-refractivity contribution is 5.83. The average molecular weight is 385 g/mol. The molecule has 148 valence electrons. The molecular weight excluding hydrogens is 361 g/mol. The van der Waals surface area contributed by atoms with Gasteiger partial charge in [-0.3, -0.25) is 0 Å². The highest BCUT2D eigenvalue weighted by atomic mass is 19.1. The van der Waals surface area contributed by atoms with Crippen LogP contribution in [0.5, 0.6) is 0 Å². The topological polar surface area (TPSA) is 67.8 Å². The molecule has 2 fully saturated rings. The molecule has 2 aromatic rings. The molecule has 1 saturated heterocycles. The summed E-state index contributed by atoms with van der Waals surface area (Å²) in [5, 5.41) is 13.0. The highest BCUT2D eigenvalue weighted by Crippen LogP contribution is 2.33. The normalized spacial score (nSPS) is 18.6. The Labute approximate surface area is 163 Å². The first-order chi connectivity index (χ1) is 13.6. The van der Waals surface area contributed by atoms with Gasteiger partial charge in [0, 0.05) is 37.3 Å². The number of anilines is 1. The average Bonchev–Trinajstić information content (AvgIpc) is 3.52. The summed E-state index contributed by atoms with van der Waals surface area (Å²) in [6, 6.07) is 12.2. The van der Waals surface area contributed by atoms with E-state index in [2.05, 4.69) is 5.32 Å². The lowest BCUT2D eigenvalue weighted by atomic mass is 9.89. The lowest BCUT2D eigenvalue weighted by molar-refractivity contribution is -0.145. The van der Waals surface area contributed by atoms with E-state index in [9.17, 15) is 14.3 Å². The van der Waals surface area contributed by atoms with Gasteiger partial charge in [-0.1, -0.05) is 24.3 Å². The summed E-state index contributed by atoms with van der Waals surface area (Å²) in [7, 11) is 0. The minimum Gasteiger partial charge on any atom is -0.480 e. The predicted octanol–water partition coefficient (Wildman–Crippen LogP) is 4.22. The zero-order chi connectivity index (χ0) is 19.6. The minimum absolute atomic E-state index is 0.269. The van der Waals surface area contributed by atoms with E-state index in [4.69, 9.17) is 9.47 Å². The van der Waals surface area contributed by atoms with Crippen LogP contribution in [0.1, 0.15) is 31.2 Å². The maximum Gasteiger partial charge on any atom is 0.329 e. The molecule has 0 atom stereocenters. The largest absolute Gasteiger partial charge is 0.480 e. The van der Waals surface area contributed by atoms with Crippen LogP contribution >= 0.6 is 0 Å². The first-order valence-electron chi connectivity index (χ1n) is 9.66. The smallest absolute Gasteiger partial charge is 0.329 e. The van der Waals surface area contributed by atoms with Gasteiger partial charge in [-0.25, -0.2) is 9.18 Å². The van der Waals surface area contributed by atoms with Crippen molar-refractivity contribution < 1.29 is 23.8 Å². The van der Waals surface area contributed by atoms with Crippen molar-refractivity contribution in [3.05, 3.63) is 53.8 Å². The van der Waals surface area contributed by atoms with Gasteiger partial charge in [-0.2, -0.15) is 0 Å². The number of benzene rings is 2. The number of nitrogens with one attached hydrogen (secondary N) is 1. The van der Waals surface area contributed by atoms with Gasteiger partial charge < -0.3 is 19.9 Å². The van der Waals surface area contributed by atoms with Crippen LogP contribution in [0.15, 0.2) is 42.5 Å². The fraction of sp³-hybridized carbons (Fsp3) is 0.409. The van der Waals surface area contributed by atoms with Crippen LogP contribution < -0.4 is 5.32 Å². The summed E-state index contributed by atoms with van der Waals surface area (Å²) in [4.78, 5) is 11.9. The standard InChI is InChI=1S/C22H24FNO4/c23-20-4-2-1-3-19(20)18-8-5-16(13-15(18)14-28-17-6-7-17)24-22(21(25)26)9-11-27-12-10-22/h1-5,8,13,17,24H,6-7,9-12,14H2,(H,25,26). The summed E-state index contributed by atoms with van der Waals surface area (Å²) < 4.78 is 25.6. The number of ether oxygens (including phenoxy) is 2. The number of aliphatic carboxylic acids is 1. The van der Waals surface area contributed by atoms with Gasteiger partial charge in [-0.15, -0.1) is 0 Å². The summed E-state index contributed by atoms with van der Waals surface area (Å²) in [6.45, 7) is 1.18. The molecule has 2 aromatic carbocycles. The lowest BCUT2D eigenvalue weighted by Gasteiger charge is -2.35. The van der Waals surface area contributed by atoms with E-state index >= 15 is 0 Å².